The Balaban J connectivity index is 1.41. The first kappa shape index (κ1) is 15.5. The summed E-state index contributed by atoms with van der Waals surface area (Å²) < 4.78 is 12.9. The highest BCUT2D eigenvalue weighted by Gasteiger charge is 2.26. The van der Waals surface area contributed by atoms with Crippen molar-refractivity contribution in [2.75, 3.05) is 19.6 Å². The lowest BCUT2D eigenvalue weighted by molar-refractivity contribution is -0.122. The number of carbonyl (C=O) groups is 1. The standard InChI is InChI=1S/C18H25FN2O/c19-16-7-5-14(6-8-16)3-4-15-2-1-11-21(12-15)13-18(22)20-17-9-10-17/h5-8,15,17H,1-4,9-13H2,(H,20,22)/t15-/m1/s1. The zero-order chi connectivity index (χ0) is 15.4. The number of halogens is 1. The summed E-state index contributed by atoms with van der Waals surface area (Å²) in [5.74, 6) is 0.656. The van der Waals surface area contributed by atoms with Gasteiger partial charge < -0.3 is 5.32 Å². The molecule has 1 atom stereocenters. The molecule has 1 aromatic rings. The van der Waals surface area contributed by atoms with Gasteiger partial charge >= 0.3 is 0 Å². The molecule has 0 aromatic heterocycles. The lowest BCUT2D eigenvalue weighted by Gasteiger charge is -2.32. The quantitative estimate of drug-likeness (QED) is 0.876. The highest BCUT2D eigenvalue weighted by atomic mass is 19.1. The Morgan fingerprint density at radius 1 is 1.23 bits per heavy atom. The molecular weight excluding hydrogens is 279 g/mol. The van der Waals surface area contributed by atoms with Gasteiger partial charge in [0.2, 0.25) is 5.91 Å². The van der Waals surface area contributed by atoms with Crippen molar-refractivity contribution in [3.05, 3.63) is 35.6 Å². The van der Waals surface area contributed by atoms with Crippen LogP contribution in [0, 0.1) is 11.7 Å². The van der Waals surface area contributed by atoms with Crippen LogP contribution in [0.3, 0.4) is 0 Å². The molecule has 1 amide bonds. The lowest BCUT2D eigenvalue weighted by Crippen LogP contribution is -2.43. The fourth-order valence-electron chi connectivity index (χ4n) is 3.26. The highest BCUT2D eigenvalue weighted by Crippen LogP contribution is 2.22. The van der Waals surface area contributed by atoms with Gasteiger partial charge in [0.1, 0.15) is 5.82 Å². The third-order valence-corrected chi connectivity index (χ3v) is 4.67. The zero-order valence-corrected chi connectivity index (χ0v) is 13.1. The van der Waals surface area contributed by atoms with E-state index in [2.05, 4.69) is 10.2 Å². The van der Waals surface area contributed by atoms with Crippen LogP contribution in [-0.4, -0.2) is 36.5 Å². The van der Waals surface area contributed by atoms with E-state index in [1.165, 1.54) is 30.5 Å². The van der Waals surface area contributed by atoms with Crippen molar-refractivity contribution in [2.45, 2.75) is 44.6 Å². The number of rotatable bonds is 6. The topological polar surface area (TPSA) is 32.3 Å². The molecule has 1 saturated heterocycles. The smallest absolute Gasteiger partial charge is 0.234 e. The molecular formula is C18H25FN2O. The van der Waals surface area contributed by atoms with Crippen molar-refractivity contribution >= 4 is 5.91 Å². The third kappa shape index (κ3) is 4.80. The molecule has 4 heteroatoms. The molecule has 0 bridgehead atoms. The minimum atomic E-state index is -0.172. The van der Waals surface area contributed by atoms with Crippen LogP contribution in [0.5, 0.6) is 0 Å². The van der Waals surface area contributed by atoms with Gasteiger partial charge in [-0.15, -0.1) is 0 Å². The number of nitrogens with zero attached hydrogens (tertiary/aromatic N) is 1. The molecule has 1 heterocycles. The fourth-order valence-corrected chi connectivity index (χ4v) is 3.26. The van der Waals surface area contributed by atoms with E-state index in [0.29, 0.717) is 18.5 Å². The van der Waals surface area contributed by atoms with E-state index >= 15 is 0 Å². The van der Waals surface area contributed by atoms with Gasteiger partial charge in [0.15, 0.2) is 0 Å². The van der Waals surface area contributed by atoms with E-state index < -0.39 is 0 Å². The Morgan fingerprint density at radius 2 is 2.00 bits per heavy atom. The average molecular weight is 304 g/mol. The molecule has 0 spiro atoms. The number of hydrogen-bond acceptors (Lipinski definition) is 2. The van der Waals surface area contributed by atoms with Gasteiger partial charge in [-0.2, -0.15) is 0 Å². The van der Waals surface area contributed by atoms with Gasteiger partial charge in [-0.05, 0) is 68.7 Å². The number of carbonyl (C=O) groups excluding carboxylic acids is 1. The highest BCUT2D eigenvalue weighted by molar-refractivity contribution is 5.78. The maximum atomic E-state index is 12.9. The van der Waals surface area contributed by atoms with Gasteiger partial charge in [0.25, 0.3) is 0 Å². The first-order valence-electron chi connectivity index (χ1n) is 8.45. The number of piperidine rings is 1. The largest absolute Gasteiger partial charge is 0.352 e. The van der Waals surface area contributed by atoms with E-state index in [0.717, 1.165) is 38.8 Å². The molecule has 1 aliphatic heterocycles. The van der Waals surface area contributed by atoms with E-state index in [4.69, 9.17) is 0 Å². The van der Waals surface area contributed by atoms with Crippen LogP contribution in [0.2, 0.25) is 0 Å². The molecule has 1 N–H and O–H groups in total. The zero-order valence-electron chi connectivity index (χ0n) is 13.1. The van der Waals surface area contributed by atoms with Crippen LogP contribution in [0.15, 0.2) is 24.3 Å². The molecule has 120 valence electrons. The Labute approximate surface area is 131 Å². The third-order valence-electron chi connectivity index (χ3n) is 4.67. The second-order valence-corrected chi connectivity index (χ2v) is 6.75. The summed E-state index contributed by atoms with van der Waals surface area (Å²) in [6.07, 6.45) is 6.81. The van der Waals surface area contributed by atoms with E-state index in [1.807, 2.05) is 12.1 Å². The number of nitrogens with one attached hydrogen (secondary N) is 1. The van der Waals surface area contributed by atoms with Gasteiger partial charge in [0, 0.05) is 12.6 Å². The molecule has 22 heavy (non-hydrogen) atoms. The summed E-state index contributed by atoms with van der Waals surface area (Å²) in [7, 11) is 0. The van der Waals surface area contributed by atoms with Crippen molar-refractivity contribution in [2.24, 2.45) is 5.92 Å². The average Bonchev–Trinajstić information content (AvgIpc) is 3.31. The summed E-state index contributed by atoms with van der Waals surface area (Å²) >= 11 is 0. The van der Waals surface area contributed by atoms with Crippen LogP contribution in [0.25, 0.3) is 0 Å². The molecule has 1 aliphatic carbocycles. The summed E-state index contributed by atoms with van der Waals surface area (Å²) in [4.78, 5) is 14.2. The normalized spacial score (nSPS) is 22.5. The molecule has 3 rings (SSSR count). The van der Waals surface area contributed by atoms with Gasteiger partial charge in [0.05, 0.1) is 6.54 Å². The van der Waals surface area contributed by atoms with Gasteiger partial charge in [-0.1, -0.05) is 12.1 Å². The van der Waals surface area contributed by atoms with Crippen LogP contribution in [-0.2, 0) is 11.2 Å². The molecule has 0 unspecified atom stereocenters. The van der Waals surface area contributed by atoms with Crippen LogP contribution in [0.1, 0.15) is 37.7 Å². The van der Waals surface area contributed by atoms with Crippen molar-refractivity contribution in [3.8, 4) is 0 Å². The Bertz CT molecular complexity index is 498. The molecule has 0 radical (unpaired) electrons. The number of amides is 1. The number of aryl methyl sites for hydroxylation is 1. The van der Waals surface area contributed by atoms with Crippen molar-refractivity contribution < 1.29 is 9.18 Å². The van der Waals surface area contributed by atoms with E-state index in [-0.39, 0.29) is 11.7 Å². The summed E-state index contributed by atoms with van der Waals surface area (Å²) in [5, 5.41) is 3.06. The Kier molecular flexibility index (Phi) is 5.08. The minimum absolute atomic E-state index is 0.172. The number of likely N-dealkylation sites (tertiary alicyclic amines) is 1. The van der Waals surface area contributed by atoms with Crippen LogP contribution in [0.4, 0.5) is 4.39 Å². The van der Waals surface area contributed by atoms with E-state index in [9.17, 15) is 9.18 Å². The van der Waals surface area contributed by atoms with Crippen molar-refractivity contribution in [1.29, 1.82) is 0 Å². The predicted octanol–water partition coefficient (Wildman–Crippen LogP) is 2.75. The fraction of sp³-hybridized carbons (Fsp3) is 0.611. The van der Waals surface area contributed by atoms with Crippen LogP contribution >= 0.6 is 0 Å². The lowest BCUT2D eigenvalue weighted by atomic mass is 9.91. The molecule has 1 saturated carbocycles. The van der Waals surface area contributed by atoms with Crippen molar-refractivity contribution in [3.63, 3.8) is 0 Å². The van der Waals surface area contributed by atoms with Gasteiger partial charge in [-0.25, -0.2) is 4.39 Å². The maximum absolute atomic E-state index is 12.9. The predicted molar refractivity (Wildman–Crippen MR) is 85.0 cm³/mol. The SMILES string of the molecule is O=C(CN1CCC[C@H](CCc2ccc(F)cc2)C1)NC1CC1. The Morgan fingerprint density at radius 3 is 2.73 bits per heavy atom. The second kappa shape index (κ2) is 7.23. The van der Waals surface area contributed by atoms with E-state index in [1.54, 1.807) is 0 Å². The van der Waals surface area contributed by atoms with Gasteiger partial charge in [-0.3, -0.25) is 9.69 Å². The molecule has 2 aliphatic rings. The summed E-state index contributed by atoms with van der Waals surface area (Å²) in [6.45, 7) is 2.59. The summed E-state index contributed by atoms with van der Waals surface area (Å²) in [6, 6.07) is 7.26. The first-order valence-corrected chi connectivity index (χ1v) is 8.45. The summed E-state index contributed by atoms with van der Waals surface area (Å²) in [5.41, 5.74) is 1.20. The Hall–Kier alpha value is -1.42. The maximum Gasteiger partial charge on any atom is 0.234 e. The number of hydrogen-bond donors (Lipinski definition) is 1. The van der Waals surface area contributed by atoms with Crippen LogP contribution < -0.4 is 5.32 Å². The minimum Gasteiger partial charge on any atom is -0.352 e. The van der Waals surface area contributed by atoms with Crippen molar-refractivity contribution in [1.82, 2.24) is 10.2 Å². The molecule has 1 aromatic carbocycles. The number of benzene rings is 1. The second-order valence-electron chi connectivity index (χ2n) is 6.75. The first-order chi connectivity index (χ1) is 10.7. The monoisotopic (exact) mass is 304 g/mol. The molecule has 2 fully saturated rings. The molecule has 3 nitrogen and oxygen atoms in total.